The van der Waals surface area contributed by atoms with Gasteiger partial charge in [-0.15, -0.1) is 0 Å². The van der Waals surface area contributed by atoms with Gasteiger partial charge >= 0.3 is 0 Å². The summed E-state index contributed by atoms with van der Waals surface area (Å²) >= 11 is 0. The molecule has 0 saturated carbocycles. The summed E-state index contributed by atoms with van der Waals surface area (Å²) in [5, 5.41) is 7.56. The average Bonchev–Trinajstić information content (AvgIpc) is 3.01. The second kappa shape index (κ2) is 5.75. The van der Waals surface area contributed by atoms with E-state index in [-0.39, 0.29) is 0 Å². The molecule has 0 aliphatic carbocycles. The molecule has 0 aliphatic heterocycles. The second-order valence-corrected chi connectivity index (χ2v) is 5.00. The molecule has 5 heteroatoms. The van der Waals surface area contributed by atoms with Crippen molar-refractivity contribution < 1.29 is 0 Å². The summed E-state index contributed by atoms with van der Waals surface area (Å²) in [5.41, 5.74) is 4.77. The average molecular weight is 279 g/mol. The van der Waals surface area contributed by atoms with Crippen LogP contribution in [-0.2, 0) is 6.54 Å². The van der Waals surface area contributed by atoms with E-state index in [2.05, 4.69) is 52.4 Å². The van der Waals surface area contributed by atoms with E-state index in [1.165, 1.54) is 23.0 Å². The molecule has 5 nitrogen and oxygen atoms in total. The molecule has 0 saturated heterocycles. The van der Waals surface area contributed by atoms with Gasteiger partial charge in [-0.1, -0.05) is 23.8 Å². The van der Waals surface area contributed by atoms with Gasteiger partial charge in [-0.2, -0.15) is 5.10 Å². The highest BCUT2D eigenvalue weighted by Gasteiger charge is 2.06. The lowest BCUT2D eigenvalue weighted by Crippen LogP contribution is -2.07. The van der Waals surface area contributed by atoms with Crippen molar-refractivity contribution >= 4 is 5.69 Å². The van der Waals surface area contributed by atoms with Gasteiger partial charge < -0.3 is 5.32 Å². The highest BCUT2D eigenvalue weighted by Crippen LogP contribution is 2.18. The molecule has 0 unspecified atom stereocenters. The number of aromatic nitrogens is 4. The van der Waals surface area contributed by atoms with Crippen molar-refractivity contribution in [3.63, 3.8) is 0 Å². The largest absolute Gasteiger partial charge is 0.378 e. The van der Waals surface area contributed by atoms with Crippen molar-refractivity contribution in [2.45, 2.75) is 20.4 Å². The van der Waals surface area contributed by atoms with E-state index >= 15 is 0 Å². The van der Waals surface area contributed by atoms with Crippen molar-refractivity contribution in [1.82, 2.24) is 19.7 Å². The smallest absolute Gasteiger partial charge is 0.178 e. The van der Waals surface area contributed by atoms with E-state index < -0.39 is 0 Å². The summed E-state index contributed by atoms with van der Waals surface area (Å²) in [6, 6.07) is 10.4. The van der Waals surface area contributed by atoms with Crippen molar-refractivity contribution in [2.24, 2.45) is 0 Å². The van der Waals surface area contributed by atoms with E-state index in [4.69, 9.17) is 0 Å². The maximum atomic E-state index is 4.37. The highest BCUT2D eigenvalue weighted by molar-refractivity contribution is 5.56. The fourth-order valence-electron chi connectivity index (χ4n) is 2.27. The molecule has 0 radical (unpaired) electrons. The Morgan fingerprint density at radius 2 is 2.10 bits per heavy atom. The van der Waals surface area contributed by atoms with Crippen LogP contribution in [0, 0.1) is 13.8 Å². The van der Waals surface area contributed by atoms with E-state index in [9.17, 15) is 0 Å². The topological polar surface area (TPSA) is 55.6 Å². The fraction of sp³-hybridized carbons (Fsp3) is 0.188. The molecule has 0 bridgehead atoms. The third-order valence-corrected chi connectivity index (χ3v) is 3.39. The molecule has 0 amide bonds. The number of hydrogen-bond acceptors (Lipinski definition) is 4. The molecule has 0 spiro atoms. The molecule has 21 heavy (non-hydrogen) atoms. The molecule has 1 aromatic carbocycles. The van der Waals surface area contributed by atoms with Crippen LogP contribution >= 0.6 is 0 Å². The van der Waals surface area contributed by atoms with Crippen molar-refractivity contribution in [3.05, 3.63) is 65.9 Å². The SMILES string of the molecule is Cc1ccc(CNc2cccnc2-n2cncn2)c(C)c1. The monoisotopic (exact) mass is 279 g/mol. The molecule has 0 fully saturated rings. The van der Waals surface area contributed by atoms with Gasteiger partial charge in [-0.3, -0.25) is 0 Å². The number of pyridine rings is 1. The molecular weight excluding hydrogens is 262 g/mol. The summed E-state index contributed by atoms with van der Waals surface area (Å²) in [6.45, 7) is 4.99. The van der Waals surface area contributed by atoms with Crippen LogP contribution in [0.25, 0.3) is 5.82 Å². The Hall–Kier alpha value is -2.69. The predicted molar refractivity (Wildman–Crippen MR) is 82.4 cm³/mol. The highest BCUT2D eigenvalue weighted by atomic mass is 15.3. The molecule has 0 aliphatic rings. The van der Waals surface area contributed by atoms with E-state index in [1.54, 1.807) is 17.2 Å². The lowest BCUT2D eigenvalue weighted by Gasteiger charge is -2.12. The third-order valence-electron chi connectivity index (χ3n) is 3.39. The zero-order valence-electron chi connectivity index (χ0n) is 12.1. The van der Waals surface area contributed by atoms with Gasteiger partial charge in [0.1, 0.15) is 12.7 Å². The fourth-order valence-corrected chi connectivity index (χ4v) is 2.27. The van der Waals surface area contributed by atoms with Crippen LogP contribution in [-0.4, -0.2) is 19.7 Å². The minimum Gasteiger partial charge on any atom is -0.378 e. The first-order valence-corrected chi connectivity index (χ1v) is 6.84. The standard InChI is InChI=1S/C16H17N5/c1-12-5-6-14(13(2)8-12)9-19-15-4-3-7-18-16(15)21-11-17-10-20-21/h3-8,10-11,19H,9H2,1-2H3. The molecule has 2 heterocycles. The van der Waals surface area contributed by atoms with Crippen LogP contribution in [0.5, 0.6) is 0 Å². The third kappa shape index (κ3) is 2.91. The van der Waals surface area contributed by atoms with Gasteiger partial charge in [-0.25, -0.2) is 14.6 Å². The first-order valence-electron chi connectivity index (χ1n) is 6.84. The summed E-state index contributed by atoms with van der Waals surface area (Å²) in [7, 11) is 0. The molecular formula is C16H17N5. The maximum Gasteiger partial charge on any atom is 0.178 e. The van der Waals surface area contributed by atoms with Gasteiger partial charge in [0.25, 0.3) is 0 Å². The number of nitrogens with zero attached hydrogens (tertiary/aromatic N) is 4. The van der Waals surface area contributed by atoms with Crippen molar-refractivity contribution in [2.75, 3.05) is 5.32 Å². The Morgan fingerprint density at radius 3 is 2.86 bits per heavy atom. The first-order chi connectivity index (χ1) is 10.2. The number of benzene rings is 1. The molecule has 3 rings (SSSR count). The molecule has 0 atom stereocenters. The van der Waals surface area contributed by atoms with Crippen LogP contribution in [0.4, 0.5) is 5.69 Å². The van der Waals surface area contributed by atoms with Gasteiger partial charge in [0.2, 0.25) is 0 Å². The second-order valence-electron chi connectivity index (χ2n) is 5.00. The van der Waals surface area contributed by atoms with Gasteiger partial charge in [-0.05, 0) is 37.1 Å². The van der Waals surface area contributed by atoms with E-state index in [0.717, 1.165) is 18.1 Å². The molecule has 3 aromatic rings. The van der Waals surface area contributed by atoms with Crippen molar-refractivity contribution in [3.8, 4) is 5.82 Å². The molecule has 106 valence electrons. The van der Waals surface area contributed by atoms with Crippen LogP contribution in [0.15, 0.2) is 49.2 Å². The summed E-state index contributed by atoms with van der Waals surface area (Å²) < 4.78 is 1.66. The van der Waals surface area contributed by atoms with Crippen LogP contribution in [0.2, 0.25) is 0 Å². The predicted octanol–water partition coefficient (Wildman–Crippen LogP) is 2.89. The Bertz CT molecular complexity index is 734. The van der Waals surface area contributed by atoms with Crippen LogP contribution in [0.1, 0.15) is 16.7 Å². The number of rotatable bonds is 4. The maximum absolute atomic E-state index is 4.37. The number of nitrogens with one attached hydrogen (secondary N) is 1. The van der Waals surface area contributed by atoms with Gasteiger partial charge in [0, 0.05) is 12.7 Å². The zero-order chi connectivity index (χ0) is 14.7. The summed E-state index contributed by atoms with van der Waals surface area (Å²) in [5.74, 6) is 0.750. The zero-order valence-corrected chi connectivity index (χ0v) is 12.1. The quantitative estimate of drug-likeness (QED) is 0.798. The van der Waals surface area contributed by atoms with E-state index in [1.807, 2.05) is 12.1 Å². The lowest BCUT2D eigenvalue weighted by molar-refractivity contribution is 0.844. The van der Waals surface area contributed by atoms with E-state index in [0.29, 0.717) is 0 Å². The minimum atomic E-state index is 0.750. The van der Waals surface area contributed by atoms with Gasteiger partial charge in [0.15, 0.2) is 5.82 Å². The number of hydrogen-bond donors (Lipinski definition) is 1. The van der Waals surface area contributed by atoms with Crippen molar-refractivity contribution in [1.29, 1.82) is 0 Å². The Balaban J connectivity index is 1.83. The molecule has 2 aromatic heterocycles. The Labute approximate surface area is 123 Å². The number of aryl methyl sites for hydroxylation is 2. The summed E-state index contributed by atoms with van der Waals surface area (Å²) in [6.07, 6.45) is 4.90. The Morgan fingerprint density at radius 1 is 1.19 bits per heavy atom. The first kappa shape index (κ1) is 13.3. The summed E-state index contributed by atoms with van der Waals surface area (Å²) in [4.78, 5) is 8.33. The minimum absolute atomic E-state index is 0.750. The van der Waals surface area contributed by atoms with Crippen LogP contribution in [0.3, 0.4) is 0 Å². The normalized spacial score (nSPS) is 10.6. The number of anilines is 1. The molecule has 1 N–H and O–H groups in total. The Kier molecular flexibility index (Phi) is 3.64. The lowest BCUT2D eigenvalue weighted by atomic mass is 10.1. The van der Waals surface area contributed by atoms with Crippen LogP contribution < -0.4 is 5.32 Å². The van der Waals surface area contributed by atoms with Gasteiger partial charge in [0.05, 0.1) is 5.69 Å².